The Morgan fingerprint density at radius 3 is 2.62 bits per heavy atom. The van der Waals surface area contributed by atoms with Crippen molar-refractivity contribution in [2.45, 2.75) is 37.0 Å². The number of hydrogen-bond acceptors (Lipinski definition) is 5. The number of aromatic nitrogens is 1. The number of nitrogens with zero attached hydrogens (tertiary/aromatic N) is 2. The van der Waals surface area contributed by atoms with Crippen molar-refractivity contribution in [2.75, 3.05) is 39.4 Å². The molecule has 2 fully saturated rings. The molecule has 1 aromatic heterocycles. The summed E-state index contributed by atoms with van der Waals surface area (Å²) in [5, 5.41) is 0. The van der Waals surface area contributed by atoms with Crippen LogP contribution in [0.5, 0.6) is 0 Å². The number of nitrogens with one attached hydrogen (secondary N) is 1. The Morgan fingerprint density at radius 2 is 1.96 bits per heavy atom. The topological polar surface area (TPSA) is 71.5 Å². The van der Waals surface area contributed by atoms with Gasteiger partial charge >= 0.3 is 0 Å². The van der Waals surface area contributed by atoms with Crippen LogP contribution in [0, 0.1) is 5.41 Å². The Kier molecular flexibility index (Phi) is 5.86. The van der Waals surface area contributed by atoms with Gasteiger partial charge in [-0.15, -0.1) is 0 Å². The van der Waals surface area contributed by atoms with Crippen molar-refractivity contribution in [1.29, 1.82) is 0 Å². The molecule has 0 aromatic carbocycles. The second-order valence-corrected chi connectivity index (χ2v) is 8.73. The van der Waals surface area contributed by atoms with Crippen molar-refractivity contribution in [2.24, 2.45) is 5.41 Å². The fourth-order valence-electron chi connectivity index (χ4n) is 3.62. The number of likely N-dealkylation sites (tertiary alicyclic amines) is 1. The lowest BCUT2D eigenvalue weighted by Gasteiger charge is -2.42. The average Bonchev–Trinajstić information content (AvgIpc) is 2.63. The maximum absolute atomic E-state index is 12.5. The summed E-state index contributed by atoms with van der Waals surface area (Å²) in [6.45, 7) is 5.08. The first-order valence-corrected chi connectivity index (χ1v) is 10.3. The first kappa shape index (κ1) is 17.8. The van der Waals surface area contributed by atoms with E-state index in [1.165, 1.54) is 25.5 Å². The minimum atomic E-state index is -3.51. The predicted octanol–water partition coefficient (Wildman–Crippen LogP) is 1.64. The Hall–Kier alpha value is -1.02. The van der Waals surface area contributed by atoms with Gasteiger partial charge in [0.2, 0.25) is 10.0 Å². The van der Waals surface area contributed by atoms with Gasteiger partial charge < -0.3 is 9.64 Å². The summed E-state index contributed by atoms with van der Waals surface area (Å²) in [6.07, 6.45) is 8.57. The minimum absolute atomic E-state index is 0.0368. The third-order valence-corrected chi connectivity index (χ3v) is 6.53. The molecule has 0 spiro atoms. The van der Waals surface area contributed by atoms with Gasteiger partial charge in [0, 0.05) is 44.1 Å². The highest BCUT2D eigenvalue weighted by Crippen LogP contribution is 2.32. The molecular weight excluding hydrogens is 326 g/mol. The van der Waals surface area contributed by atoms with E-state index in [4.69, 9.17) is 4.74 Å². The van der Waals surface area contributed by atoms with Gasteiger partial charge in [0.25, 0.3) is 0 Å². The van der Waals surface area contributed by atoms with Crippen LogP contribution < -0.4 is 4.72 Å². The molecule has 0 bridgehead atoms. The number of piperidine rings is 1. The van der Waals surface area contributed by atoms with E-state index in [0.29, 0.717) is 19.8 Å². The van der Waals surface area contributed by atoms with Crippen LogP contribution in [0.1, 0.15) is 32.1 Å². The van der Waals surface area contributed by atoms with Crippen LogP contribution >= 0.6 is 0 Å². The molecule has 0 aliphatic carbocycles. The SMILES string of the molecule is O=S(=O)(NCC1(CN2CCCCC2)CCOCC1)c1cccnc1. The summed E-state index contributed by atoms with van der Waals surface area (Å²) < 4.78 is 33.4. The van der Waals surface area contributed by atoms with Crippen LogP contribution in [0.2, 0.25) is 0 Å². The monoisotopic (exact) mass is 353 g/mol. The van der Waals surface area contributed by atoms with Gasteiger partial charge in [0.05, 0.1) is 0 Å². The van der Waals surface area contributed by atoms with Gasteiger partial charge in [-0.2, -0.15) is 0 Å². The van der Waals surface area contributed by atoms with Gasteiger partial charge in [-0.1, -0.05) is 6.42 Å². The molecule has 3 rings (SSSR count). The lowest BCUT2D eigenvalue weighted by molar-refractivity contribution is -0.00466. The van der Waals surface area contributed by atoms with Crippen molar-refractivity contribution >= 4 is 10.0 Å². The highest BCUT2D eigenvalue weighted by atomic mass is 32.2. The number of rotatable bonds is 6. The van der Waals surface area contributed by atoms with Crippen molar-refractivity contribution < 1.29 is 13.2 Å². The second-order valence-electron chi connectivity index (χ2n) is 6.96. The zero-order valence-corrected chi connectivity index (χ0v) is 14.9. The van der Waals surface area contributed by atoms with Crippen LogP contribution in [0.3, 0.4) is 0 Å². The summed E-state index contributed by atoms with van der Waals surface area (Å²) in [4.78, 5) is 6.63. The first-order valence-electron chi connectivity index (χ1n) is 8.80. The largest absolute Gasteiger partial charge is 0.381 e. The van der Waals surface area contributed by atoms with E-state index < -0.39 is 10.0 Å². The van der Waals surface area contributed by atoms with E-state index >= 15 is 0 Å². The van der Waals surface area contributed by atoms with E-state index in [1.54, 1.807) is 18.3 Å². The first-order chi connectivity index (χ1) is 11.6. The van der Waals surface area contributed by atoms with Gasteiger partial charge in [-0.05, 0) is 50.9 Å². The van der Waals surface area contributed by atoms with Crippen LogP contribution in [0.25, 0.3) is 0 Å². The molecule has 0 radical (unpaired) electrons. The molecule has 3 heterocycles. The standard InChI is InChI=1S/C17H27N3O3S/c21-24(22,16-5-4-8-18-13-16)19-14-17(6-11-23-12-7-17)15-20-9-2-1-3-10-20/h4-5,8,13,19H,1-3,6-7,9-12,14-15H2. The van der Waals surface area contributed by atoms with E-state index in [-0.39, 0.29) is 10.3 Å². The second kappa shape index (κ2) is 7.91. The normalized spacial score (nSPS) is 22.3. The molecule has 2 saturated heterocycles. The number of hydrogen-bond donors (Lipinski definition) is 1. The van der Waals surface area contributed by atoms with Crippen LogP contribution in [0.4, 0.5) is 0 Å². The summed E-state index contributed by atoms with van der Waals surface area (Å²) in [6, 6.07) is 3.23. The summed E-state index contributed by atoms with van der Waals surface area (Å²) >= 11 is 0. The number of pyridine rings is 1. The van der Waals surface area contributed by atoms with E-state index in [0.717, 1.165) is 32.5 Å². The van der Waals surface area contributed by atoms with Crippen LogP contribution in [-0.4, -0.2) is 57.7 Å². The lowest BCUT2D eigenvalue weighted by atomic mass is 9.79. The summed E-state index contributed by atoms with van der Waals surface area (Å²) in [5.74, 6) is 0. The van der Waals surface area contributed by atoms with Crippen molar-refractivity contribution in [3.63, 3.8) is 0 Å². The molecule has 134 valence electrons. The molecule has 7 heteroatoms. The third-order valence-electron chi connectivity index (χ3n) is 5.14. The van der Waals surface area contributed by atoms with E-state index in [9.17, 15) is 8.42 Å². The molecule has 0 amide bonds. The average molecular weight is 353 g/mol. The zero-order chi connectivity index (χ0) is 16.9. The Bertz CT molecular complexity index is 609. The Morgan fingerprint density at radius 1 is 1.21 bits per heavy atom. The highest BCUT2D eigenvalue weighted by molar-refractivity contribution is 7.89. The molecule has 2 aliphatic rings. The maximum Gasteiger partial charge on any atom is 0.242 e. The van der Waals surface area contributed by atoms with E-state index in [2.05, 4.69) is 14.6 Å². The maximum atomic E-state index is 12.5. The van der Waals surface area contributed by atoms with Crippen LogP contribution in [0.15, 0.2) is 29.4 Å². The molecule has 2 aliphatic heterocycles. The highest BCUT2D eigenvalue weighted by Gasteiger charge is 2.36. The van der Waals surface area contributed by atoms with Gasteiger partial charge in [-0.25, -0.2) is 13.1 Å². The summed E-state index contributed by atoms with van der Waals surface area (Å²) in [7, 11) is -3.51. The van der Waals surface area contributed by atoms with Gasteiger partial charge in [0.15, 0.2) is 0 Å². The number of sulfonamides is 1. The molecule has 24 heavy (non-hydrogen) atoms. The lowest BCUT2D eigenvalue weighted by Crippen LogP contribution is -2.49. The fourth-order valence-corrected chi connectivity index (χ4v) is 4.74. The predicted molar refractivity (Wildman–Crippen MR) is 92.2 cm³/mol. The Labute approximate surface area is 144 Å². The van der Waals surface area contributed by atoms with Crippen LogP contribution in [-0.2, 0) is 14.8 Å². The fraction of sp³-hybridized carbons (Fsp3) is 0.706. The quantitative estimate of drug-likeness (QED) is 0.842. The molecule has 0 atom stereocenters. The van der Waals surface area contributed by atoms with Crippen molar-refractivity contribution in [3.8, 4) is 0 Å². The minimum Gasteiger partial charge on any atom is -0.381 e. The van der Waals surface area contributed by atoms with E-state index in [1.807, 2.05) is 0 Å². The molecular formula is C17H27N3O3S. The molecule has 0 saturated carbocycles. The summed E-state index contributed by atoms with van der Waals surface area (Å²) in [5.41, 5.74) is -0.0368. The van der Waals surface area contributed by atoms with Gasteiger partial charge in [-0.3, -0.25) is 4.98 Å². The zero-order valence-electron chi connectivity index (χ0n) is 14.1. The smallest absolute Gasteiger partial charge is 0.242 e. The molecule has 1 aromatic rings. The Balaban J connectivity index is 1.67. The van der Waals surface area contributed by atoms with Crippen molar-refractivity contribution in [3.05, 3.63) is 24.5 Å². The van der Waals surface area contributed by atoms with Crippen molar-refractivity contribution in [1.82, 2.24) is 14.6 Å². The molecule has 6 nitrogen and oxygen atoms in total. The molecule has 1 N–H and O–H groups in total. The third kappa shape index (κ3) is 4.53. The number of ether oxygens (including phenoxy) is 1. The van der Waals surface area contributed by atoms with Gasteiger partial charge in [0.1, 0.15) is 4.90 Å². The molecule has 0 unspecified atom stereocenters.